The van der Waals surface area contributed by atoms with E-state index in [1.807, 2.05) is 0 Å². The summed E-state index contributed by atoms with van der Waals surface area (Å²) in [7, 11) is -3.48. The van der Waals surface area contributed by atoms with E-state index in [1.165, 1.54) is 12.3 Å². The predicted octanol–water partition coefficient (Wildman–Crippen LogP) is 1.30. The minimum atomic E-state index is -3.48. The highest BCUT2D eigenvalue weighted by Crippen LogP contribution is 2.16. The molecule has 7 heteroatoms. The van der Waals surface area contributed by atoms with Crippen LogP contribution in [0.25, 0.3) is 0 Å². The van der Waals surface area contributed by atoms with Gasteiger partial charge in [0.05, 0.1) is 0 Å². The molecule has 0 bridgehead atoms. The fourth-order valence-corrected chi connectivity index (χ4v) is 3.45. The lowest BCUT2D eigenvalue weighted by molar-refractivity contribution is 0.0832. The smallest absolute Gasteiger partial charge is 0.242 e. The molecule has 0 atom stereocenters. The topological polar surface area (TPSA) is 68.3 Å². The summed E-state index contributed by atoms with van der Waals surface area (Å²) >= 11 is 3.21. The van der Waals surface area contributed by atoms with Crippen molar-refractivity contribution in [2.24, 2.45) is 0 Å². The summed E-state index contributed by atoms with van der Waals surface area (Å²) < 4.78 is 32.6. The normalized spacial score (nSPS) is 18.2. The number of hydrogen-bond donors (Lipinski definition) is 1. The molecular formula is C10H13BrN2O3S. The minimum absolute atomic E-state index is 0.0484. The lowest BCUT2D eigenvalue weighted by atomic mass is 10.1. The molecule has 0 amide bonds. The Morgan fingerprint density at radius 2 is 2.06 bits per heavy atom. The lowest BCUT2D eigenvalue weighted by Gasteiger charge is -2.22. The molecule has 0 unspecified atom stereocenters. The van der Waals surface area contributed by atoms with Crippen LogP contribution in [0.15, 0.2) is 27.8 Å². The van der Waals surface area contributed by atoms with Crippen LogP contribution in [-0.4, -0.2) is 32.7 Å². The van der Waals surface area contributed by atoms with Gasteiger partial charge in [-0.3, -0.25) is 4.98 Å². The zero-order valence-electron chi connectivity index (χ0n) is 9.10. The van der Waals surface area contributed by atoms with Crippen LogP contribution in [0.3, 0.4) is 0 Å². The maximum atomic E-state index is 12.0. The van der Waals surface area contributed by atoms with Crippen LogP contribution in [0.2, 0.25) is 0 Å². The summed E-state index contributed by atoms with van der Waals surface area (Å²) in [4.78, 5) is 4.03. The van der Waals surface area contributed by atoms with Gasteiger partial charge < -0.3 is 4.74 Å². The summed E-state index contributed by atoms with van der Waals surface area (Å²) in [6.45, 7) is 1.20. The van der Waals surface area contributed by atoms with E-state index in [1.54, 1.807) is 6.20 Å². The Morgan fingerprint density at radius 1 is 1.35 bits per heavy atom. The summed E-state index contributed by atoms with van der Waals surface area (Å²) in [5.41, 5.74) is 0. The SMILES string of the molecule is O=S(=O)(NC1CCOCC1)c1cncc(Br)c1. The molecule has 1 aliphatic rings. The van der Waals surface area contributed by atoms with E-state index >= 15 is 0 Å². The number of hydrogen-bond acceptors (Lipinski definition) is 4. The van der Waals surface area contributed by atoms with Gasteiger partial charge in [0.1, 0.15) is 4.90 Å². The van der Waals surface area contributed by atoms with Crippen molar-refractivity contribution >= 4 is 26.0 Å². The van der Waals surface area contributed by atoms with Crippen molar-refractivity contribution in [3.05, 3.63) is 22.9 Å². The van der Waals surface area contributed by atoms with Gasteiger partial charge in [-0.1, -0.05) is 0 Å². The minimum Gasteiger partial charge on any atom is -0.381 e. The van der Waals surface area contributed by atoms with Crippen molar-refractivity contribution in [3.63, 3.8) is 0 Å². The Hall–Kier alpha value is -0.500. The molecule has 1 aromatic rings. The summed E-state index contributed by atoms with van der Waals surface area (Å²) in [6.07, 6.45) is 4.31. The second-order valence-electron chi connectivity index (χ2n) is 3.85. The van der Waals surface area contributed by atoms with Gasteiger partial charge in [0.15, 0.2) is 0 Å². The Morgan fingerprint density at radius 3 is 2.71 bits per heavy atom. The zero-order chi connectivity index (χ0) is 12.3. The molecule has 1 aromatic heterocycles. The molecule has 5 nitrogen and oxygen atoms in total. The highest BCUT2D eigenvalue weighted by Gasteiger charge is 2.22. The number of rotatable bonds is 3. The number of nitrogens with one attached hydrogen (secondary N) is 1. The van der Waals surface area contributed by atoms with Gasteiger partial charge in [0.2, 0.25) is 10.0 Å². The molecule has 2 rings (SSSR count). The predicted molar refractivity (Wildman–Crippen MR) is 66.1 cm³/mol. The van der Waals surface area contributed by atoms with Crippen LogP contribution in [0.4, 0.5) is 0 Å². The van der Waals surface area contributed by atoms with Crippen LogP contribution >= 0.6 is 15.9 Å². The van der Waals surface area contributed by atoms with Crippen molar-refractivity contribution in [2.45, 2.75) is 23.8 Å². The fraction of sp³-hybridized carbons (Fsp3) is 0.500. The van der Waals surface area contributed by atoms with E-state index in [4.69, 9.17) is 4.74 Å². The Balaban J connectivity index is 2.13. The first-order valence-electron chi connectivity index (χ1n) is 5.28. The van der Waals surface area contributed by atoms with Crippen molar-refractivity contribution in [3.8, 4) is 0 Å². The molecule has 0 radical (unpaired) electrons. The molecule has 1 saturated heterocycles. The Bertz CT molecular complexity index is 486. The summed E-state index contributed by atoms with van der Waals surface area (Å²) in [5, 5.41) is 0. The van der Waals surface area contributed by atoms with Gasteiger partial charge in [0, 0.05) is 36.1 Å². The van der Waals surface area contributed by atoms with Crippen molar-refractivity contribution in [1.82, 2.24) is 9.71 Å². The number of sulfonamides is 1. The van der Waals surface area contributed by atoms with Gasteiger partial charge in [-0.2, -0.15) is 0 Å². The summed E-state index contributed by atoms with van der Waals surface area (Å²) in [6, 6.07) is 1.49. The third kappa shape index (κ3) is 3.48. The van der Waals surface area contributed by atoms with Crippen LogP contribution in [0.1, 0.15) is 12.8 Å². The molecule has 0 aliphatic carbocycles. The second kappa shape index (κ2) is 5.43. The van der Waals surface area contributed by atoms with E-state index in [2.05, 4.69) is 25.6 Å². The van der Waals surface area contributed by atoms with E-state index in [9.17, 15) is 8.42 Å². The first-order valence-corrected chi connectivity index (χ1v) is 7.56. The van der Waals surface area contributed by atoms with Gasteiger partial charge >= 0.3 is 0 Å². The third-order valence-corrected chi connectivity index (χ3v) is 4.45. The largest absolute Gasteiger partial charge is 0.381 e. The molecule has 2 heterocycles. The molecule has 1 N–H and O–H groups in total. The molecule has 0 aromatic carbocycles. The number of aromatic nitrogens is 1. The fourth-order valence-electron chi connectivity index (χ4n) is 1.64. The van der Waals surface area contributed by atoms with E-state index < -0.39 is 10.0 Å². The molecule has 1 aliphatic heterocycles. The molecule has 0 spiro atoms. The third-order valence-electron chi connectivity index (χ3n) is 2.53. The Kier molecular flexibility index (Phi) is 4.13. The van der Waals surface area contributed by atoms with Gasteiger partial charge in [-0.25, -0.2) is 13.1 Å². The van der Waals surface area contributed by atoms with E-state index in [0.717, 1.165) is 0 Å². The van der Waals surface area contributed by atoms with Crippen molar-refractivity contribution < 1.29 is 13.2 Å². The van der Waals surface area contributed by atoms with E-state index in [-0.39, 0.29) is 10.9 Å². The monoisotopic (exact) mass is 320 g/mol. The average Bonchev–Trinajstić information content (AvgIpc) is 2.30. The zero-order valence-corrected chi connectivity index (χ0v) is 11.5. The highest BCUT2D eigenvalue weighted by atomic mass is 79.9. The molecule has 0 saturated carbocycles. The first kappa shape index (κ1) is 12.9. The van der Waals surface area contributed by atoms with Crippen molar-refractivity contribution in [1.29, 1.82) is 0 Å². The van der Waals surface area contributed by atoms with Gasteiger partial charge in [-0.15, -0.1) is 0 Å². The van der Waals surface area contributed by atoms with Crippen LogP contribution in [0, 0.1) is 0 Å². The maximum Gasteiger partial charge on any atom is 0.242 e. The number of nitrogens with zero attached hydrogens (tertiary/aromatic N) is 1. The molecule has 94 valence electrons. The van der Waals surface area contributed by atoms with E-state index in [0.29, 0.717) is 30.5 Å². The first-order chi connectivity index (χ1) is 8.08. The standard InChI is InChI=1S/C10H13BrN2O3S/c11-8-5-10(7-12-6-8)17(14,15)13-9-1-3-16-4-2-9/h5-7,9,13H,1-4H2. The number of halogens is 1. The van der Waals surface area contributed by atoms with Crippen LogP contribution < -0.4 is 4.72 Å². The Labute approximate surface area is 109 Å². The maximum absolute atomic E-state index is 12.0. The summed E-state index contributed by atoms with van der Waals surface area (Å²) in [5.74, 6) is 0. The van der Waals surface area contributed by atoms with Crippen molar-refractivity contribution in [2.75, 3.05) is 13.2 Å². The second-order valence-corrected chi connectivity index (χ2v) is 6.48. The van der Waals surface area contributed by atoms with Crippen LogP contribution in [0.5, 0.6) is 0 Å². The number of ether oxygens (including phenoxy) is 1. The van der Waals surface area contributed by atoms with Gasteiger partial charge in [-0.05, 0) is 34.8 Å². The quantitative estimate of drug-likeness (QED) is 0.911. The average molecular weight is 321 g/mol. The molecule has 17 heavy (non-hydrogen) atoms. The van der Waals surface area contributed by atoms with Crippen LogP contribution in [-0.2, 0) is 14.8 Å². The number of pyridine rings is 1. The highest BCUT2D eigenvalue weighted by molar-refractivity contribution is 9.10. The molecular weight excluding hydrogens is 308 g/mol. The molecule has 1 fully saturated rings. The van der Waals surface area contributed by atoms with Gasteiger partial charge in [0.25, 0.3) is 0 Å². The lowest BCUT2D eigenvalue weighted by Crippen LogP contribution is -2.38.